The standard InChI is InChI=1S/C20H26ClN7S/c1-20(2,3)19-25-17(27-9-8-14(11-27)29-12-22)16(23)18(26-19)28(24)10-13-6-4-5-7-15(13)21/h4-7,14H,8-11,23-24H2,1-3H3. The van der Waals surface area contributed by atoms with Gasteiger partial charge < -0.3 is 10.6 Å². The Morgan fingerprint density at radius 2 is 2.07 bits per heavy atom. The number of nitrogens with two attached hydrogens (primary N) is 2. The second-order valence-corrected chi connectivity index (χ2v) is 9.64. The van der Waals surface area contributed by atoms with Crippen LogP contribution in [0.5, 0.6) is 0 Å². The molecule has 0 saturated carbocycles. The third kappa shape index (κ3) is 4.86. The summed E-state index contributed by atoms with van der Waals surface area (Å²) in [6.07, 6.45) is 0.911. The van der Waals surface area contributed by atoms with Crippen LogP contribution in [0, 0.1) is 10.7 Å². The van der Waals surface area contributed by atoms with Crippen molar-refractivity contribution in [2.24, 2.45) is 5.84 Å². The highest BCUT2D eigenvalue weighted by atomic mass is 35.5. The monoisotopic (exact) mass is 431 g/mol. The van der Waals surface area contributed by atoms with E-state index in [-0.39, 0.29) is 10.7 Å². The Morgan fingerprint density at radius 3 is 2.72 bits per heavy atom. The van der Waals surface area contributed by atoms with Crippen LogP contribution in [0.4, 0.5) is 17.3 Å². The number of benzene rings is 1. The van der Waals surface area contributed by atoms with E-state index in [1.165, 1.54) is 16.8 Å². The molecule has 1 fully saturated rings. The van der Waals surface area contributed by atoms with Gasteiger partial charge in [0.1, 0.15) is 16.9 Å². The van der Waals surface area contributed by atoms with Crippen LogP contribution in [0.1, 0.15) is 38.6 Å². The number of halogens is 1. The highest BCUT2D eigenvalue weighted by Gasteiger charge is 2.30. The Bertz CT molecular complexity index is 922. The van der Waals surface area contributed by atoms with Gasteiger partial charge in [-0.3, -0.25) is 5.01 Å². The minimum absolute atomic E-state index is 0.244. The molecule has 0 radical (unpaired) electrons. The molecule has 0 spiro atoms. The van der Waals surface area contributed by atoms with Crippen LogP contribution in [0.15, 0.2) is 24.3 Å². The summed E-state index contributed by atoms with van der Waals surface area (Å²) in [6.45, 7) is 8.05. The molecule has 4 N–H and O–H groups in total. The minimum atomic E-state index is -0.275. The summed E-state index contributed by atoms with van der Waals surface area (Å²) in [7, 11) is 0. The van der Waals surface area contributed by atoms with Gasteiger partial charge in [-0.15, -0.1) is 0 Å². The molecule has 2 heterocycles. The lowest BCUT2D eigenvalue weighted by atomic mass is 9.95. The van der Waals surface area contributed by atoms with Gasteiger partial charge in [-0.1, -0.05) is 50.6 Å². The first-order chi connectivity index (χ1) is 13.7. The van der Waals surface area contributed by atoms with Crippen LogP contribution < -0.4 is 21.5 Å². The zero-order valence-electron chi connectivity index (χ0n) is 16.9. The SMILES string of the molecule is CC(C)(C)c1nc(N(N)Cc2ccccc2Cl)c(N)c(N2CCC(SC#N)C2)n1. The van der Waals surface area contributed by atoms with Gasteiger partial charge in [0.25, 0.3) is 0 Å². The maximum absolute atomic E-state index is 8.98. The molecule has 0 aliphatic carbocycles. The fourth-order valence-electron chi connectivity index (χ4n) is 3.22. The molecule has 0 amide bonds. The van der Waals surface area contributed by atoms with Crippen molar-refractivity contribution in [1.29, 1.82) is 5.26 Å². The van der Waals surface area contributed by atoms with E-state index in [0.29, 0.717) is 34.7 Å². The van der Waals surface area contributed by atoms with Crippen molar-refractivity contribution in [3.63, 3.8) is 0 Å². The molecule has 1 saturated heterocycles. The lowest BCUT2D eigenvalue weighted by Gasteiger charge is -2.28. The lowest BCUT2D eigenvalue weighted by Crippen LogP contribution is -2.34. The first-order valence-electron chi connectivity index (χ1n) is 9.44. The van der Waals surface area contributed by atoms with Crippen LogP contribution >= 0.6 is 23.4 Å². The van der Waals surface area contributed by atoms with Crippen molar-refractivity contribution in [3.8, 4) is 5.40 Å². The van der Waals surface area contributed by atoms with Gasteiger partial charge in [0.2, 0.25) is 0 Å². The fraction of sp³-hybridized carbons (Fsp3) is 0.450. The zero-order chi connectivity index (χ0) is 21.2. The normalized spacial score (nSPS) is 16.7. The van der Waals surface area contributed by atoms with Gasteiger partial charge in [0.05, 0.1) is 6.54 Å². The number of aromatic nitrogens is 2. The quantitative estimate of drug-likeness (QED) is 0.419. The third-order valence-electron chi connectivity index (χ3n) is 4.81. The van der Waals surface area contributed by atoms with E-state index < -0.39 is 0 Å². The van der Waals surface area contributed by atoms with Crippen LogP contribution in [0.25, 0.3) is 0 Å². The molecule has 7 nitrogen and oxygen atoms in total. The molecule has 1 aromatic carbocycles. The topological polar surface area (TPSA) is 108 Å². The molecule has 9 heteroatoms. The molecule has 1 aromatic heterocycles. The largest absolute Gasteiger partial charge is 0.393 e. The number of rotatable bonds is 5. The van der Waals surface area contributed by atoms with Gasteiger partial charge >= 0.3 is 0 Å². The smallest absolute Gasteiger partial charge is 0.172 e. The molecular formula is C20H26ClN7S. The molecule has 1 unspecified atom stereocenters. The molecule has 2 aromatic rings. The number of hydrogen-bond donors (Lipinski definition) is 2. The van der Waals surface area contributed by atoms with Gasteiger partial charge in [-0.2, -0.15) is 5.26 Å². The summed E-state index contributed by atoms with van der Waals surface area (Å²) >= 11 is 7.59. The second kappa shape index (κ2) is 8.66. The van der Waals surface area contributed by atoms with E-state index in [1.807, 2.05) is 24.3 Å². The van der Waals surface area contributed by atoms with E-state index in [9.17, 15) is 0 Å². The van der Waals surface area contributed by atoms with E-state index in [4.69, 9.17) is 38.4 Å². The van der Waals surface area contributed by atoms with Crippen molar-refractivity contribution in [3.05, 3.63) is 40.7 Å². The predicted molar refractivity (Wildman–Crippen MR) is 121 cm³/mol. The van der Waals surface area contributed by atoms with Crippen LogP contribution in [-0.4, -0.2) is 28.3 Å². The van der Waals surface area contributed by atoms with Crippen molar-refractivity contribution >= 4 is 40.7 Å². The Morgan fingerprint density at radius 1 is 1.34 bits per heavy atom. The summed E-state index contributed by atoms with van der Waals surface area (Å²) in [5.41, 5.74) is 7.55. The van der Waals surface area contributed by atoms with Crippen LogP contribution in [-0.2, 0) is 12.0 Å². The molecule has 3 rings (SSSR count). The molecule has 29 heavy (non-hydrogen) atoms. The molecule has 1 aliphatic rings. The van der Waals surface area contributed by atoms with E-state index >= 15 is 0 Å². The van der Waals surface area contributed by atoms with Crippen LogP contribution in [0.2, 0.25) is 5.02 Å². The van der Waals surface area contributed by atoms with Gasteiger partial charge in [0, 0.05) is 28.8 Å². The highest BCUT2D eigenvalue weighted by molar-refractivity contribution is 8.04. The number of nitrogen functional groups attached to an aromatic ring is 1. The molecular weight excluding hydrogens is 406 g/mol. The number of nitriles is 1. The van der Waals surface area contributed by atoms with E-state index in [1.54, 1.807) is 0 Å². The maximum Gasteiger partial charge on any atom is 0.172 e. The average molecular weight is 432 g/mol. The Labute approximate surface area is 181 Å². The first kappa shape index (κ1) is 21.5. The number of nitrogens with zero attached hydrogens (tertiary/aromatic N) is 5. The Balaban J connectivity index is 1.98. The molecule has 0 bridgehead atoms. The van der Waals surface area contributed by atoms with Gasteiger partial charge in [0.15, 0.2) is 11.6 Å². The Hall–Kier alpha value is -2.21. The summed E-state index contributed by atoms with van der Waals surface area (Å²) in [5.74, 6) is 8.22. The minimum Gasteiger partial charge on any atom is -0.393 e. The van der Waals surface area contributed by atoms with Crippen molar-refractivity contribution in [2.45, 2.75) is 44.4 Å². The summed E-state index contributed by atoms with van der Waals surface area (Å²) in [5, 5.41) is 13.6. The molecule has 1 atom stereocenters. The molecule has 154 valence electrons. The summed E-state index contributed by atoms with van der Waals surface area (Å²) in [6, 6.07) is 7.55. The summed E-state index contributed by atoms with van der Waals surface area (Å²) in [4.78, 5) is 11.6. The predicted octanol–water partition coefficient (Wildman–Crippen LogP) is 3.68. The highest BCUT2D eigenvalue weighted by Crippen LogP contribution is 2.36. The third-order valence-corrected chi connectivity index (χ3v) is 6.00. The van der Waals surface area contributed by atoms with Gasteiger partial charge in [-0.05, 0) is 29.8 Å². The first-order valence-corrected chi connectivity index (χ1v) is 10.7. The summed E-state index contributed by atoms with van der Waals surface area (Å²) < 4.78 is 0. The van der Waals surface area contributed by atoms with Gasteiger partial charge in [-0.25, -0.2) is 15.8 Å². The number of thiocyanates is 1. The number of thioether (sulfide) groups is 1. The number of anilines is 3. The second-order valence-electron chi connectivity index (χ2n) is 8.14. The van der Waals surface area contributed by atoms with Crippen molar-refractivity contribution < 1.29 is 0 Å². The van der Waals surface area contributed by atoms with Crippen molar-refractivity contribution in [2.75, 3.05) is 28.7 Å². The zero-order valence-corrected chi connectivity index (χ0v) is 18.5. The van der Waals surface area contributed by atoms with Crippen molar-refractivity contribution in [1.82, 2.24) is 9.97 Å². The maximum atomic E-state index is 8.98. The lowest BCUT2D eigenvalue weighted by molar-refractivity contribution is 0.543. The number of hydrazine groups is 1. The average Bonchev–Trinajstić information content (AvgIpc) is 3.11. The van der Waals surface area contributed by atoms with E-state index in [2.05, 4.69) is 31.1 Å². The number of hydrogen-bond acceptors (Lipinski definition) is 8. The van der Waals surface area contributed by atoms with E-state index in [0.717, 1.165) is 25.1 Å². The van der Waals surface area contributed by atoms with Crippen LogP contribution in [0.3, 0.4) is 0 Å². The molecule has 1 aliphatic heterocycles. The Kier molecular flexibility index (Phi) is 6.42. The fourth-order valence-corrected chi connectivity index (χ4v) is 4.04.